The molecule has 2 aromatic rings. The van der Waals surface area contributed by atoms with Crippen molar-refractivity contribution >= 4 is 15.9 Å². The fourth-order valence-electron chi connectivity index (χ4n) is 3.25. The molecule has 3 rings (SSSR count). The van der Waals surface area contributed by atoms with Crippen LogP contribution in [0, 0.1) is 0 Å². The highest BCUT2D eigenvalue weighted by Crippen LogP contribution is 2.25. The normalized spacial score (nSPS) is 15.5. The summed E-state index contributed by atoms with van der Waals surface area (Å²) in [5.41, 5.74) is 0. The molecule has 0 aliphatic heterocycles. The number of carbonyl (C=O) groups is 1. The molecule has 0 radical (unpaired) electrons. The molecular formula is C18H23N3O4S. The summed E-state index contributed by atoms with van der Waals surface area (Å²) in [6, 6.07) is 6.77. The van der Waals surface area contributed by atoms with Gasteiger partial charge in [-0.2, -0.15) is 4.31 Å². The summed E-state index contributed by atoms with van der Waals surface area (Å²) >= 11 is 0. The summed E-state index contributed by atoms with van der Waals surface area (Å²) in [6.07, 6.45) is 8.40. The van der Waals surface area contributed by atoms with Crippen molar-refractivity contribution in [3.8, 4) is 0 Å². The number of furan rings is 1. The van der Waals surface area contributed by atoms with Crippen molar-refractivity contribution in [1.82, 2.24) is 14.2 Å². The Bertz CT molecular complexity index is 815. The van der Waals surface area contributed by atoms with Crippen LogP contribution in [0.5, 0.6) is 0 Å². The molecule has 0 unspecified atom stereocenters. The van der Waals surface area contributed by atoms with Gasteiger partial charge in [-0.1, -0.05) is 12.8 Å². The number of amides is 1. The average molecular weight is 377 g/mol. The molecule has 0 atom stereocenters. The SMILES string of the molecule is CN(CC(=O)N(Cc1ccco1)C1CCCC1)S(=O)(=O)c1cccnc1. The van der Waals surface area contributed by atoms with Crippen molar-refractivity contribution in [2.75, 3.05) is 13.6 Å². The van der Waals surface area contributed by atoms with E-state index in [0.29, 0.717) is 12.3 Å². The van der Waals surface area contributed by atoms with Gasteiger partial charge in [-0.15, -0.1) is 0 Å². The first kappa shape index (κ1) is 18.6. The van der Waals surface area contributed by atoms with Gasteiger partial charge in [0.05, 0.1) is 19.4 Å². The number of pyridine rings is 1. The summed E-state index contributed by atoms with van der Waals surface area (Å²) < 4.78 is 31.7. The van der Waals surface area contributed by atoms with Crippen LogP contribution in [0.2, 0.25) is 0 Å². The van der Waals surface area contributed by atoms with E-state index < -0.39 is 10.0 Å². The molecule has 8 heteroatoms. The number of carbonyl (C=O) groups excluding carboxylic acids is 1. The van der Waals surface area contributed by atoms with Crippen LogP contribution in [0.25, 0.3) is 0 Å². The minimum Gasteiger partial charge on any atom is -0.467 e. The number of nitrogens with zero attached hydrogens (tertiary/aromatic N) is 3. The number of hydrogen-bond donors (Lipinski definition) is 0. The van der Waals surface area contributed by atoms with E-state index in [2.05, 4.69) is 4.98 Å². The Kier molecular flexibility index (Phi) is 5.73. The van der Waals surface area contributed by atoms with Crippen LogP contribution >= 0.6 is 0 Å². The lowest BCUT2D eigenvalue weighted by Gasteiger charge is -2.30. The Balaban J connectivity index is 1.74. The highest BCUT2D eigenvalue weighted by molar-refractivity contribution is 7.89. The van der Waals surface area contributed by atoms with Gasteiger partial charge in [-0.3, -0.25) is 9.78 Å². The maximum absolute atomic E-state index is 12.9. The smallest absolute Gasteiger partial charge is 0.244 e. The van der Waals surface area contributed by atoms with E-state index in [0.717, 1.165) is 30.0 Å². The van der Waals surface area contributed by atoms with Crippen LogP contribution in [0.4, 0.5) is 0 Å². The molecule has 1 aliphatic rings. The van der Waals surface area contributed by atoms with Gasteiger partial charge in [0, 0.05) is 25.5 Å². The van der Waals surface area contributed by atoms with Crippen LogP contribution in [-0.4, -0.2) is 48.1 Å². The van der Waals surface area contributed by atoms with Crippen LogP contribution in [0.1, 0.15) is 31.4 Å². The van der Waals surface area contributed by atoms with E-state index in [1.807, 2.05) is 6.07 Å². The lowest BCUT2D eigenvalue weighted by Crippen LogP contribution is -2.44. The van der Waals surface area contributed by atoms with Crippen LogP contribution in [0.3, 0.4) is 0 Å². The molecule has 0 N–H and O–H groups in total. The van der Waals surface area contributed by atoms with Gasteiger partial charge in [0.15, 0.2) is 0 Å². The molecule has 1 aliphatic carbocycles. The molecule has 0 saturated heterocycles. The average Bonchev–Trinajstić information content (AvgIpc) is 3.34. The van der Waals surface area contributed by atoms with Gasteiger partial charge in [0.2, 0.25) is 15.9 Å². The summed E-state index contributed by atoms with van der Waals surface area (Å²) in [5.74, 6) is 0.478. The Labute approximate surface area is 153 Å². The lowest BCUT2D eigenvalue weighted by atomic mass is 10.2. The third-order valence-electron chi connectivity index (χ3n) is 4.69. The summed E-state index contributed by atoms with van der Waals surface area (Å²) in [7, 11) is -2.34. The van der Waals surface area contributed by atoms with E-state index >= 15 is 0 Å². The van der Waals surface area contributed by atoms with Crippen molar-refractivity contribution in [3.05, 3.63) is 48.7 Å². The lowest BCUT2D eigenvalue weighted by molar-refractivity contribution is -0.134. The topological polar surface area (TPSA) is 83.7 Å². The zero-order chi connectivity index (χ0) is 18.6. The third-order valence-corrected chi connectivity index (χ3v) is 6.48. The quantitative estimate of drug-likeness (QED) is 0.739. The molecule has 2 aromatic heterocycles. The fourth-order valence-corrected chi connectivity index (χ4v) is 4.34. The van der Waals surface area contributed by atoms with Crippen molar-refractivity contribution in [1.29, 1.82) is 0 Å². The number of rotatable bonds is 7. The zero-order valence-electron chi connectivity index (χ0n) is 14.7. The number of aromatic nitrogens is 1. The highest BCUT2D eigenvalue weighted by atomic mass is 32.2. The number of sulfonamides is 1. The Morgan fingerprint density at radius 1 is 1.27 bits per heavy atom. The molecule has 1 amide bonds. The zero-order valence-corrected chi connectivity index (χ0v) is 15.6. The first-order valence-corrected chi connectivity index (χ1v) is 10.1. The van der Waals surface area contributed by atoms with Gasteiger partial charge in [0.1, 0.15) is 10.7 Å². The molecule has 140 valence electrons. The molecule has 0 spiro atoms. The molecule has 1 fully saturated rings. The molecule has 1 saturated carbocycles. The third kappa shape index (κ3) is 4.13. The standard InChI is InChI=1S/C18H23N3O4S/c1-20(26(23,24)17-9-4-10-19-12-17)14-18(22)21(15-6-2-3-7-15)13-16-8-5-11-25-16/h4-5,8-12,15H,2-3,6-7,13-14H2,1H3. The maximum atomic E-state index is 12.9. The molecule has 26 heavy (non-hydrogen) atoms. The van der Waals surface area contributed by atoms with Crippen molar-refractivity contribution in [2.24, 2.45) is 0 Å². The molecule has 7 nitrogen and oxygen atoms in total. The first-order valence-electron chi connectivity index (χ1n) is 8.66. The highest BCUT2D eigenvalue weighted by Gasteiger charge is 2.30. The van der Waals surface area contributed by atoms with Crippen molar-refractivity contribution in [2.45, 2.75) is 43.2 Å². The van der Waals surface area contributed by atoms with Gasteiger partial charge < -0.3 is 9.32 Å². The summed E-state index contributed by atoms with van der Waals surface area (Å²) in [5, 5.41) is 0. The second kappa shape index (κ2) is 8.01. The van der Waals surface area contributed by atoms with E-state index in [-0.39, 0.29) is 23.4 Å². The van der Waals surface area contributed by atoms with Gasteiger partial charge in [-0.25, -0.2) is 8.42 Å². The summed E-state index contributed by atoms with van der Waals surface area (Å²) in [4.78, 5) is 18.6. The van der Waals surface area contributed by atoms with Gasteiger partial charge in [-0.05, 0) is 37.1 Å². The second-order valence-electron chi connectivity index (χ2n) is 6.49. The molecule has 2 heterocycles. The maximum Gasteiger partial charge on any atom is 0.244 e. The van der Waals surface area contributed by atoms with E-state index in [9.17, 15) is 13.2 Å². The predicted octanol–water partition coefficient (Wildman–Crippen LogP) is 2.27. The van der Waals surface area contributed by atoms with E-state index in [1.165, 1.54) is 25.5 Å². The molecule has 0 bridgehead atoms. The van der Waals surface area contributed by atoms with Gasteiger partial charge >= 0.3 is 0 Å². The Hall–Kier alpha value is -2.19. The van der Waals surface area contributed by atoms with Crippen molar-refractivity contribution < 1.29 is 17.6 Å². The predicted molar refractivity (Wildman–Crippen MR) is 95.6 cm³/mol. The van der Waals surface area contributed by atoms with Gasteiger partial charge in [0.25, 0.3) is 0 Å². The Morgan fingerprint density at radius 2 is 2.04 bits per heavy atom. The first-order chi connectivity index (χ1) is 12.5. The number of hydrogen-bond acceptors (Lipinski definition) is 5. The fraction of sp³-hybridized carbons (Fsp3) is 0.444. The largest absolute Gasteiger partial charge is 0.467 e. The van der Waals surface area contributed by atoms with Crippen LogP contribution in [0.15, 0.2) is 52.2 Å². The minimum absolute atomic E-state index is 0.0775. The van der Waals surface area contributed by atoms with Crippen LogP contribution in [-0.2, 0) is 21.4 Å². The van der Waals surface area contributed by atoms with E-state index in [1.54, 1.807) is 23.3 Å². The monoisotopic (exact) mass is 377 g/mol. The molecular weight excluding hydrogens is 354 g/mol. The summed E-state index contributed by atoms with van der Waals surface area (Å²) in [6.45, 7) is 0.145. The number of likely N-dealkylation sites (N-methyl/N-ethyl adjacent to an activating group) is 1. The van der Waals surface area contributed by atoms with Crippen molar-refractivity contribution in [3.63, 3.8) is 0 Å². The van der Waals surface area contributed by atoms with E-state index in [4.69, 9.17) is 4.42 Å². The molecule has 0 aromatic carbocycles. The second-order valence-corrected chi connectivity index (χ2v) is 8.53. The van der Waals surface area contributed by atoms with Crippen LogP contribution < -0.4 is 0 Å². The Morgan fingerprint density at radius 3 is 2.65 bits per heavy atom. The minimum atomic E-state index is -3.75.